The van der Waals surface area contributed by atoms with Gasteiger partial charge in [-0.1, -0.05) is 23.7 Å². The summed E-state index contributed by atoms with van der Waals surface area (Å²) < 4.78 is 6.39. The zero-order valence-electron chi connectivity index (χ0n) is 12.0. The SMILES string of the molecule is COCCc1[nH]c2ncnn2c(=O)c1Cc1cccc(Cl)c1. The fourth-order valence-electron chi connectivity index (χ4n) is 2.39. The Morgan fingerprint density at radius 3 is 3.05 bits per heavy atom. The smallest absolute Gasteiger partial charge is 0.279 e. The summed E-state index contributed by atoms with van der Waals surface area (Å²) in [6.07, 6.45) is 2.44. The van der Waals surface area contributed by atoms with Crippen molar-refractivity contribution in [2.45, 2.75) is 12.8 Å². The number of methoxy groups -OCH3 is 1. The topological polar surface area (TPSA) is 72.3 Å². The maximum atomic E-state index is 12.6. The largest absolute Gasteiger partial charge is 0.384 e. The van der Waals surface area contributed by atoms with E-state index in [2.05, 4.69) is 15.1 Å². The molecule has 0 aliphatic heterocycles. The molecule has 3 rings (SSSR count). The predicted octanol–water partition coefficient (Wildman–Crippen LogP) is 1.85. The molecule has 0 atom stereocenters. The van der Waals surface area contributed by atoms with Crippen LogP contribution in [0, 0.1) is 0 Å². The molecule has 0 radical (unpaired) electrons. The van der Waals surface area contributed by atoms with Gasteiger partial charge in [-0.05, 0) is 17.7 Å². The summed E-state index contributed by atoms with van der Waals surface area (Å²) in [7, 11) is 1.63. The van der Waals surface area contributed by atoms with Gasteiger partial charge in [0.15, 0.2) is 0 Å². The van der Waals surface area contributed by atoms with Gasteiger partial charge in [0.25, 0.3) is 5.56 Å². The van der Waals surface area contributed by atoms with E-state index in [1.165, 1.54) is 10.8 Å². The predicted molar refractivity (Wildman–Crippen MR) is 83.4 cm³/mol. The van der Waals surface area contributed by atoms with Crippen LogP contribution in [0.3, 0.4) is 0 Å². The second-order valence-corrected chi connectivity index (χ2v) is 5.37. The van der Waals surface area contributed by atoms with Crippen molar-refractivity contribution in [2.75, 3.05) is 13.7 Å². The Morgan fingerprint density at radius 1 is 1.41 bits per heavy atom. The number of nitrogens with zero attached hydrogens (tertiary/aromatic N) is 3. The maximum absolute atomic E-state index is 12.6. The van der Waals surface area contributed by atoms with Crippen LogP contribution in [0.2, 0.25) is 5.02 Å². The third kappa shape index (κ3) is 2.88. The minimum absolute atomic E-state index is 0.169. The minimum Gasteiger partial charge on any atom is -0.384 e. The monoisotopic (exact) mass is 318 g/mol. The number of rotatable bonds is 5. The van der Waals surface area contributed by atoms with Crippen molar-refractivity contribution in [3.63, 3.8) is 0 Å². The molecule has 1 aromatic carbocycles. The third-order valence-electron chi connectivity index (χ3n) is 3.45. The first-order valence-corrected chi connectivity index (χ1v) is 7.24. The Balaban J connectivity index is 2.08. The molecule has 0 bridgehead atoms. The normalized spacial score (nSPS) is 11.2. The molecule has 6 nitrogen and oxygen atoms in total. The van der Waals surface area contributed by atoms with Crippen LogP contribution in [0.15, 0.2) is 35.4 Å². The summed E-state index contributed by atoms with van der Waals surface area (Å²) in [5.41, 5.74) is 2.26. The first-order valence-electron chi connectivity index (χ1n) is 6.86. The molecule has 114 valence electrons. The third-order valence-corrected chi connectivity index (χ3v) is 3.69. The molecule has 0 saturated carbocycles. The molecule has 2 heterocycles. The van der Waals surface area contributed by atoms with E-state index in [0.717, 1.165) is 11.3 Å². The molecular formula is C15H15ClN4O2. The maximum Gasteiger partial charge on any atom is 0.279 e. The molecule has 0 unspecified atom stereocenters. The van der Waals surface area contributed by atoms with Crippen molar-refractivity contribution < 1.29 is 4.74 Å². The molecule has 0 amide bonds. The van der Waals surface area contributed by atoms with E-state index in [1.54, 1.807) is 7.11 Å². The Labute approximate surface area is 131 Å². The average Bonchev–Trinajstić information content (AvgIpc) is 2.97. The summed E-state index contributed by atoms with van der Waals surface area (Å²) in [6, 6.07) is 7.47. The van der Waals surface area contributed by atoms with Gasteiger partial charge in [0, 0.05) is 36.2 Å². The highest BCUT2D eigenvalue weighted by molar-refractivity contribution is 6.30. The fourth-order valence-corrected chi connectivity index (χ4v) is 2.61. The number of hydrogen-bond donors (Lipinski definition) is 1. The zero-order valence-corrected chi connectivity index (χ0v) is 12.8. The van der Waals surface area contributed by atoms with Crippen molar-refractivity contribution >= 4 is 17.4 Å². The molecule has 1 N–H and O–H groups in total. The summed E-state index contributed by atoms with van der Waals surface area (Å²) in [4.78, 5) is 19.8. The molecule has 0 saturated heterocycles. The molecule has 0 spiro atoms. The summed E-state index contributed by atoms with van der Waals surface area (Å²) in [5, 5.41) is 4.61. The van der Waals surface area contributed by atoms with Crippen molar-refractivity contribution in [3.8, 4) is 0 Å². The summed E-state index contributed by atoms with van der Waals surface area (Å²) in [6.45, 7) is 0.517. The van der Waals surface area contributed by atoms with E-state index >= 15 is 0 Å². The number of halogens is 1. The highest BCUT2D eigenvalue weighted by atomic mass is 35.5. The Kier molecular flexibility index (Phi) is 4.22. The van der Waals surface area contributed by atoms with Gasteiger partial charge in [-0.15, -0.1) is 0 Å². The standard InChI is InChI=1S/C15H15ClN4O2/c1-22-6-5-13-12(8-10-3-2-4-11(16)7-10)14(21)20-15(19-13)17-9-18-20/h2-4,7,9H,5-6,8H2,1H3,(H,17,18,19). The number of H-pyrrole nitrogens is 1. The van der Waals surface area contributed by atoms with Crippen LogP contribution >= 0.6 is 11.6 Å². The molecule has 3 aromatic rings. The van der Waals surface area contributed by atoms with Crippen LogP contribution in [0.5, 0.6) is 0 Å². The van der Waals surface area contributed by atoms with Crippen molar-refractivity contribution in [2.24, 2.45) is 0 Å². The molecule has 0 fully saturated rings. The number of benzene rings is 1. The minimum atomic E-state index is -0.169. The Hall–Kier alpha value is -2.18. The van der Waals surface area contributed by atoms with Crippen molar-refractivity contribution in [3.05, 3.63) is 62.8 Å². The summed E-state index contributed by atoms with van der Waals surface area (Å²) >= 11 is 6.02. The van der Waals surface area contributed by atoms with E-state index in [1.807, 2.05) is 24.3 Å². The molecule has 0 aliphatic rings. The van der Waals surface area contributed by atoms with Gasteiger partial charge in [0.2, 0.25) is 5.78 Å². The number of aromatic amines is 1. The van der Waals surface area contributed by atoms with Crippen molar-refractivity contribution in [1.29, 1.82) is 0 Å². The quantitative estimate of drug-likeness (QED) is 0.779. The second kappa shape index (κ2) is 6.29. The first kappa shape index (κ1) is 14.7. The van der Waals surface area contributed by atoms with Gasteiger partial charge in [-0.25, -0.2) is 0 Å². The van der Waals surface area contributed by atoms with E-state index in [4.69, 9.17) is 16.3 Å². The van der Waals surface area contributed by atoms with E-state index in [0.29, 0.717) is 35.8 Å². The number of ether oxygens (including phenoxy) is 1. The van der Waals surface area contributed by atoms with E-state index in [9.17, 15) is 4.79 Å². The van der Waals surface area contributed by atoms with Gasteiger partial charge < -0.3 is 9.72 Å². The van der Waals surface area contributed by atoms with Crippen LogP contribution in [-0.4, -0.2) is 33.3 Å². The Morgan fingerprint density at radius 2 is 2.27 bits per heavy atom. The van der Waals surface area contributed by atoms with Crippen LogP contribution in [0.4, 0.5) is 0 Å². The number of fused-ring (bicyclic) bond motifs is 1. The lowest BCUT2D eigenvalue weighted by atomic mass is 10.0. The average molecular weight is 319 g/mol. The van der Waals surface area contributed by atoms with Gasteiger partial charge in [0.05, 0.1) is 6.61 Å². The van der Waals surface area contributed by atoms with Crippen LogP contribution < -0.4 is 5.56 Å². The lowest BCUT2D eigenvalue weighted by Gasteiger charge is -2.09. The molecule has 7 heteroatoms. The highest BCUT2D eigenvalue weighted by Gasteiger charge is 2.14. The molecule has 22 heavy (non-hydrogen) atoms. The van der Waals surface area contributed by atoms with Crippen LogP contribution in [0.25, 0.3) is 5.78 Å². The fraction of sp³-hybridized carbons (Fsp3) is 0.267. The lowest BCUT2D eigenvalue weighted by Crippen LogP contribution is -2.24. The highest BCUT2D eigenvalue weighted by Crippen LogP contribution is 2.15. The first-order chi connectivity index (χ1) is 10.7. The second-order valence-electron chi connectivity index (χ2n) is 4.93. The van der Waals surface area contributed by atoms with E-state index in [-0.39, 0.29) is 5.56 Å². The van der Waals surface area contributed by atoms with Gasteiger partial charge in [-0.3, -0.25) is 4.79 Å². The van der Waals surface area contributed by atoms with Crippen LogP contribution in [0.1, 0.15) is 16.8 Å². The summed E-state index contributed by atoms with van der Waals surface area (Å²) in [5.74, 6) is 0.436. The van der Waals surface area contributed by atoms with Crippen LogP contribution in [-0.2, 0) is 17.6 Å². The zero-order chi connectivity index (χ0) is 15.5. The van der Waals surface area contributed by atoms with Gasteiger partial charge >= 0.3 is 0 Å². The number of nitrogens with one attached hydrogen (secondary N) is 1. The Bertz CT molecular complexity index is 856. The lowest BCUT2D eigenvalue weighted by molar-refractivity contribution is 0.201. The number of hydrogen-bond acceptors (Lipinski definition) is 4. The van der Waals surface area contributed by atoms with Crippen molar-refractivity contribution in [1.82, 2.24) is 19.6 Å². The molecule has 0 aliphatic carbocycles. The van der Waals surface area contributed by atoms with Gasteiger partial charge in [0.1, 0.15) is 6.33 Å². The number of aromatic nitrogens is 4. The molecular weight excluding hydrogens is 304 g/mol. The van der Waals surface area contributed by atoms with Gasteiger partial charge in [-0.2, -0.15) is 14.6 Å². The molecule has 2 aromatic heterocycles. The van der Waals surface area contributed by atoms with E-state index < -0.39 is 0 Å².